The topological polar surface area (TPSA) is 107 Å². The Bertz CT molecular complexity index is 1410. The lowest BCUT2D eigenvalue weighted by Gasteiger charge is -2.16. The first-order valence-corrected chi connectivity index (χ1v) is 16.1. The SMILES string of the molecule is C[C@H](O)[C@H](C)NC(=O)c1cn(COCC[Si](C)(C)C)c2ncc(-c3nn(C)c4cc(Cl)ccc34)nc12. The van der Waals surface area contributed by atoms with Gasteiger partial charge in [-0.25, -0.2) is 9.97 Å². The molecule has 2 N–H and O–H groups in total. The number of aliphatic hydroxyl groups is 1. The van der Waals surface area contributed by atoms with E-state index in [-0.39, 0.29) is 12.6 Å². The number of halogens is 1. The number of hydrogen-bond donors (Lipinski definition) is 2. The van der Waals surface area contributed by atoms with Gasteiger partial charge in [0.1, 0.15) is 23.6 Å². The molecule has 0 spiro atoms. The molecule has 0 saturated carbocycles. The summed E-state index contributed by atoms with van der Waals surface area (Å²) in [6.07, 6.45) is 2.68. The Morgan fingerprint density at radius 3 is 2.72 bits per heavy atom. The van der Waals surface area contributed by atoms with Crippen molar-refractivity contribution < 1.29 is 14.6 Å². The summed E-state index contributed by atoms with van der Waals surface area (Å²) in [5.74, 6) is -0.335. The van der Waals surface area contributed by atoms with E-state index in [1.165, 1.54) is 0 Å². The first-order chi connectivity index (χ1) is 16.9. The van der Waals surface area contributed by atoms with E-state index >= 15 is 0 Å². The van der Waals surface area contributed by atoms with E-state index < -0.39 is 20.2 Å². The number of carbonyl (C=O) groups is 1. The molecule has 11 heteroatoms. The molecule has 0 bridgehead atoms. The summed E-state index contributed by atoms with van der Waals surface area (Å²) in [7, 11) is 0.619. The third kappa shape index (κ3) is 5.62. The van der Waals surface area contributed by atoms with E-state index in [0.29, 0.717) is 39.7 Å². The molecule has 36 heavy (non-hydrogen) atoms. The van der Waals surface area contributed by atoms with Crippen molar-refractivity contribution in [2.45, 2.75) is 58.4 Å². The lowest BCUT2D eigenvalue weighted by Crippen LogP contribution is -2.39. The van der Waals surface area contributed by atoms with E-state index in [4.69, 9.17) is 21.3 Å². The molecule has 0 aliphatic rings. The van der Waals surface area contributed by atoms with Gasteiger partial charge in [0.25, 0.3) is 5.91 Å². The minimum atomic E-state index is -1.23. The number of amides is 1. The predicted octanol–water partition coefficient (Wildman–Crippen LogP) is 4.45. The van der Waals surface area contributed by atoms with Gasteiger partial charge in [-0.3, -0.25) is 9.48 Å². The highest BCUT2D eigenvalue weighted by Gasteiger charge is 2.23. The van der Waals surface area contributed by atoms with Crippen molar-refractivity contribution in [3.8, 4) is 11.4 Å². The zero-order valence-electron chi connectivity index (χ0n) is 21.5. The van der Waals surface area contributed by atoms with Crippen LogP contribution in [0.25, 0.3) is 33.5 Å². The largest absolute Gasteiger partial charge is 0.391 e. The van der Waals surface area contributed by atoms with Crippen LogP contribution in [0.4, 0.5) is 0 Å². The second-order valence-electron chi connectivity index (χ2n) is 10.4. The van der Waals surface area contributed by atoms with E-state index in [1.807, 2.05) is 25.2 Å². The molecule has 3 aromatic heterocycles. The summed E-state index contributed by atoms with van der Waals surface area (Å²) >= 11 is 6.18. The van der Waals surface area contributed by atoms with Crippen molar-refractivity contribution in [2.75, 3.05) is 6.61 Å². The van der Waals surface area contributed by atoms with Crippen molar-refractivity contribution >= 4 is 47.6 Å². The maximum absolute atomic E-state index is 13.2. The van der Waals surface area contributed by atoms with Gasteiger partial charge in [0.15, 0.2) is 5.65 Å². The molecular weight excluding hydrogens is 496 g/mol. The van der Waals surface area contributed by atoms with Crippen molar-refractivity contribution in [1.82, 2.24) is 29.6 Å². The summed E-state index contributed by atoms with van der Waals surface area (Å²) in [6, 6.07) is 6.18. The van der Waals surface area contributed by atoms with Gasteiger partial charge in [0.2, 0.25) is 0 Å². The number of carbonyl (C=O) groups excluding carboxylic acids is 1. The van der Waals surface area contributed by atoms with Gasteiger partial charge in [-0.15, -0.1) is 0 Å². The standard InChI is InChI=1S/C25H33ClN6O3Si/c1-15(16(2)33)28-25(34)19-13-32(14-35-9-10-36(4,5)6)24-23(19)29-20(12-27-24)22-18-8-7-17(26)11-21(18)31(3)30-22/h7-8,11-13,15-16,33H,9-10,14H2,1-6H3,(H,28,34)/t15-,16-/m0/s1. The average Bonchev–Trinajstić information content (AvgIpc) is 3.33. The predicted molar refractivity (Wildman–Crippen MR) is 145 cm³/mol. The fraction of sp³-hybridized carbons (Fsp3) is 0.440. The number of aromatic nitrogens is 5. The first kappa shape index (κ1) is 26.3. The maximum Gasteiger partial charge on any atom is 0.255 e. The van der Waals surface area contributed by atoms with Crippen LogP contribution in [0.5, 0.6) is 0 Å². The van der Waals surface area contributed by atoms with Crippen LogP contribution in [-0.4, -0.2) is 62.2 Å². The van der Waals surface area contributed by atoms with Gasteiger partial charge in [-0.05, 0) is 38.1 Å². The number of fused-ring (bicyclic) bond motifs is 2. The minimum Gasteiger partial charge on any atom is -0.391 e. The highest BCUT2D eigenvalue weighted by Crippen LogP contribution is 2.30. The quantitative estimate of drug-likeness (QED) is 0.245. The molecule has 0 saturated heterocycles. The second-order valence-corrected chi connectivity index (χ2v) is 16.5. The van der Waals surface area contributed by atoms with Gasteiger partial charge in [0.05, 0.1) is 29.4 Å². The van der Waals surface area contributed by atoms with Crippen LogP contribution in [0.2, 0.25) is 30.7 Å². The Morgan fingerprint density at radius 2 is 2.03 bits per heavy atom. The fourth-order valence-electron chi connectivity index (χ4n) is 3.80. The summed E-state index contributed by atoms with van der Waals surface area (Å²) in [5.41, 5.74) is 3.43. The van der Waals surface area contributed by atoms with Crippen LogP contribution < -0.4 is 5.32 Å². The van der Waals surface area contributed by atoms with E-state index in [9.17, 15) is 9.90 Å². The molecule has 2 atom stereocenters. The van der Waals surface area contributed by atoms with Crippen molar-refractivity contribution in [3.63, 3.8) is 0 Å². The van der Waals surface area contributed by atoms with Crippen LogP contribution in [-0.2, 0) is 18.5 Å². The molecule has 1 amide bonds. The molecule has 4 aromatic rings. The molecule has 0 aliphatic heterocycles. The Morgan fingerprint density at radius 1 is 1.28 bits per heavy atom. The van der Waals surface area contributed by atoms with Gasteiger partial charge in [-0.2, -0.15) is 5.10 Å². The van der Waals surface area contributed by atoms with Crippen LogP contribution in [0.15, 0.2) is 30.6 Å². The number of benzene rings is 1. The van der Waals surface area contributed by atoms with Crippen LogP contribution in [0, 0.1) is 0 Å². The second kappa shape index (κ2) is 10.3. The zero-order chi connectivity index (χ0) is 26.2. The number of aryl methyl sites for hydroxylation is 1. The summed E-state index contributed by atoms with van der Waals surface area (Å²) in [4.78, 5) is 22.7. The molecule has 0 aliphatic carbocycles. The summed E-state index contributed by atoms with van der Waals surface area (Å²) in [6.45, 7) is 11.2. The number of ether oxygens (including phenoxy) is 1. The molecule has 0 unspecified atom stereocenters. The number of aliphatic hydroxyl groups excluding tert-OH is 1. The minimum absolute atomic E-state index is 0.263. The van der Waals surface area contributed by atoms with Gasteiger partial charge < -0.3 is 19.7 Å². The Balaban J connectivity index is 1.75. The molecule has 0 fully saturated rings. The number of nitrogens with one attached hydrogen (secondary N) is 1. The Labute approximate surface area is 216 Å². The van der Waals surface area contributed by atoms with E-state index in [2.05, 4.69) is 35.0 Å². The van der Waals surface area contributed by atoms with Crippen LogP contribution >= 0.6 is 11.6 Å². The van der Waals surface area contributed by atoms with Crippen molar-refractivity contribution in [2.24, 2.45) is 7.05 Å². The monoisotopic (exact) mass is 528 g/mol. The fourth-order valence-corrected chi connectivity index (χ4v) is 4.72. The molecule has 0 radical (unpaired) electrons. The van der Waals surface area contributed by atoms with E-state index in [0.717, 1.165) is 16.9 Å². The molecule has 4 rings (SSSR count). The van der Waals surface area contributed by atoms with Crippen LogP contribution in [0.1, 0.15) is 24.2 Å². The number of nitrogens with zero attached hydrogens (tertiary/aromatic N) is 5. The van der Waals surface area contributed by atoms with E-state index in [1.54, 1.807) is 35.5 Å². The van der Waals surface area contributed by atoms with Gasteiger partial charge in [0, 0.05) is 38.3 Å². The highest BCUT2D eigenvalue weighted by atomic mass is 35.5. The Hall–Kier alpha value is -2.79. The van der Waals surface area contributed by atoms with Crippen molar-refractivity contribution in [1.29, 1.82) is 0 Å². The summed E-state index contributed by atoms with van der Waals surface area (Å²) in [5, 5.41) is 18.9. The van der Waals surface area contributed by atoms with Gasteiger partial charge in [-0.1, -0.05) is 31.2 Å². The lowest BCUT2D eigenvalue weighted by atomic mass is 10.1. The summed E-state index contributed by atoms with van der Waals surface area (Å²) < 4.78 is 9.48. The van der Waals surface area contributed by atoms with Crippen LogP contribution in [0.3, 0.4) is 0 Å². The third-order valence-corrected chi connectivity index (χ3v) is 8.11. The highest BCUT2D eigenvalue weighted by molar-refractivity contribution is 6.76. The number of rotatable bonds is 9. The van der Waals surface area contributed by atoms with Gasteiger partial charge >= 0.3 is 0 Å². The normalized spacial score (nSPS) is 13.9. The van der Waals surface area contributed by atoms with Crippen molar-refractivity contribution in [3.05, 3.63) is 41.2 Å². The first-order valence-electron chi connectivity index (χ1n) is 12.0. The molecule has 3 heterocycles. The molecular formula is C25H33ClN6O3Si. The lowest BCUT2D eigenvalue weighted by molar-refractivity contribution is 0.0862. The average molecular weight is 529 g/mol. The molecule has 1 aromatic carbocycles. The maximum atomic E-state index is 13.2. The number of hydrogen-bond acceptors (Lipinski definition) is 6. The molecule has 9 nitrogen and oxygen atoms in total. The Kier molecular flexibility index (Phi) is 7.51. The third-order valence-electron chi connectivity index (χ3n) is 6.18. The zero-order valence-corrected chi connectivity index (χ0v) is 23.3. The molecule has 192 valence electrons. The smallest absolute Gasteiger partial charge is 0.255 e.